The van der Waals surface area contributed by atoms with Crippen molar-refractivity contribution in [1.82, 2.24) is 9.78 Å². The van der Waals surface area contributed by atoms with Crippen molar-refractivity contribution in [2.75, 3.05) is 11.5 Å². The normalized spacial score (nSPS) is 12.5. The summed E-state index contributed by atoms with van der Waals surface area (Å²) < 4.78 is 13.7. The molecule has 2 rings (SSSR count). The van der Waals surface area contributed by atoms with E-state index in [0.29, 0.717) is 27.9 Å². The maximum Gasteiger partial charge on any atom is 0.0647 e. The zero-order chi connectivity index (χ0) is 12.3. The summed E-state index contributed by atoms with van der Waals surface area (Å²) in [5, 5.41) is 4.49. The molecule has 1 heterocycles. The van der Waals surface area contributed by atoms with E-state index >= 15 is 0 Å². The zero-order valence-electron chi connectivity index (χ0n) is 9.04. The summed E-state index contributed by atoms with van der Waals surface area (Å²) in [5.74, 6) is 0.502. The molecule has 0 saturated carbocycles. The van der Waals surface area contributed by atoms with Gasteiger partial charge in [-0.15, -0.1) is 0 Å². The Balaban J connectivity index is 2.02. The van der Waals surface area contributed by atoms with Crippen LogP contribution in [-0.2, 0) is 17.3 Å². The summed E-state index contributed by atoms with van der Waals surface area (Å²) in [5.41, 5.74) is 6.09. The minimum absolute atomic E-state index is 0.440. The second-order valence-corrected chi connectivity index (χ2v) is 5.48. The molecule has 0 aliphatic heterocycles. The first-order valence-electron chi connectivity index (χ1n) is 5.07. The Labute approximate surface area is 107 Å². The fraction of sp³-hybridized carbons (Fsp3) is 0.182. The van der Waals surface area contributed by atoms with E-state index in [1.54, 1.807) is 29.1 Å². The Kier molecular flexibility index (Phi) is 3.81. The molecule has 0 amide bonds. The van der Waals surface area contributed by atoms with Gasteiger partial charge in [-0.05, 0) is 24.3 Å². The lowest BCUT2D eigenvalue weighted by molar-refractivity contribution is 0.644. The molecule has 2 N–H and O–H groups in total. The second kappa shape index (κ2) is 5.33. The van der Waals surface area contributed by atoms with E-state index in [0.717, 1.165) is 0 Å². The minimum atomic E-state index is -1.09. The van der Waals surface area contributed by atoms with E-state index in [1.807, 2.05) is 12.3 Å². The Morgan fingerprint density at radius 3 is 2.94 bits per heavy atom. The average molecular weight is 270 g/mol. The highest BCUT2D eigenvalue weighted by Gasteiger charge is 2.06. The molecule has 0 spiro atoms. The average Bonchev–Trinajstić information content (AvgIpc) is 2.82. The van der Waals surface area contributed by atoms with E-state index in [4.69, 9.17) is 17.3 Å². The highest BCUT2D eigenvalue weighted by molar-refractivity contribution is 7.85. The van der Waals surface area contributed by atoms with Gasteiger partial charge >= 0.3 is 0 Å². The van der Waals surface area contributed by atoms with Crippen molar-refractivity contribution in [3.05, 3.63) is 41.7 Å². The van der Waals surface area contributed by atoms with E-state index < -0.39 is 10.8 Å². The Morgan fingerprint density at radius 2 is 2.29 bits per heavy atom. The molecule has 1 unspecified atom stereocenters. The molecule has 90 valence electrons. The van der Waals surface area contributed by atoms with Gasteiger partial charge < -0.3 is 5.73 Å². The van der Waals surface area contributed by atoms with Crippen LogP contribution in [0.2, 0.25) is 5.02 Å². The first-order valence-corrected chi connectivity index (χ1v) is 6.77. The lowest BCUT2D eigenvalue weighted by Gasteiger charge is -2.04. The topological polar surface area (TPSA) is 60.9 Å². The van der Waals surface area contributed by atoms with Crippen LogP contribution >= 0.6 is 11.6 Å². The fourth-order valence-corrected chi connectivity index (χ4v) is 2.68. The van der Waals surface area contributed by atoms with Gasteiger partial charge in [0.15, 0.2) is 0 Å². The number of nitrogen functional groups attached to an aromatic ring is 1. The van der Waals surface area contributed by atoms with Crippen LogP contribution in [0.1, 0.15) is 0 Å². The molecule has 0 bridgehead atoms. The molecule has 1 aromatic carbocycles. The van der Waals surface area contributed by atoms with Gasteiger partial charge in [0, 0.05) is 23.0 Å². The van der Waals surface area contributed by atoms with Crippen LogP contribution in [0, 0.1) is 0 Å². The van der Waals surface area contributed by atoms with Crippen molar-refractivity contribution in [1.29, 1.82) is 0 Å². The number of nitrogens with zero attached hydrogens (tertiary/aromatic N) is 2. The monoisotopic (exact) mass is 269 g/mol. The van der Waals surface area contributed by atoms with Crippen molar-refractivity contribution in [3.8, 4) is 0 Å². The fourth-order valence-electron chi connectivity index (χ4n) is 1.38. The lowest BCUT2D eigenvalue weighted by atomic mass is 10.3. The highest BCUT2D eigenvalue weighted by Crippen LogP contribution is 2.21. The van der Waals surface area contributed by atoms with Gasteiger partial charge in [-0.2, -0.15) is 5.10 Å². The number of nitrogens with two attached hydrogens (primary N) is 1. The summed E-state index contributed by atoms with van der Waals surface area (Å²) in [6, 6.07) is 6.89. The minimum Gasteiger partial charge on any atom is -0.398 e. The van der Waals surface area contributed by atoms with Crippen LogP contribution in [0.3, 0.4) is 0 Å². The smallest absolute Gasteiger partial charge is 0.0647 e. The molecule has 2 aromatic rings. The van der Waals surface area contributed by atoms with Crippen LogP contribution in [0.25, 0.3) is 0 Å². The van der Waals surface area contributed by atoms with Gasteiger partial charge in [0.25, 0.3) is 0 Å². The molecule has 1 aromatic heterocycles. The maximum atomic E-state index is 12.0. The summed E-state index contributed by atoms with van der Waals surface area (Å²) in [6.45, 7) is 0.613. The predicted octanol–water partition coefficient (Wildman–Crippen LogP) is 1.93. The number of aryl methyl sites for hydroxylation is 1. The number of hydrogen-bond acceptors (Lipinski definition) is 3. The molecule has 17 heavy (non-hydrogen) atoms. The van der Waals surface area contributed by atoms with Gasteiger partial charge in [-0.3, -0.25) is 8.89 Å². The van der Waals surface area contributed by atoms with E-state index in [9.17, 15) is 4.21 Å². The molecule has 0 saturated heterocycles. The Morgan fingerprint density at radius 1 is 1.47 bits per heavy atom. The van der Waals surface area contributed by atoms with Crippen LogP contribution < -0.4 is 5.73 Å². The van der Waals surface area contributed by atoms with Gasteiger partial charge in [0.1, 0.15) is 0 Å². The molecule has 6 heteroatoms. The third-order valence-electron chi connectivity index (χ3n) is 2.30. The number of hydrogen-bond donors (Lipinski definition) is 1. The Hall–Kier alpha value is -1.33. The van der Waals surface area contributed by atoms with Crippen molar-refractivity contribution in [3.63, 3.8) is 0 Å². The van der Waals surface area contributed by atoms with Gasteiger partial charge in [-0.1, -0.05) is 11.6 Å². The van der Waals surface area contributed by atoms with Crippen molar-refractivity contribution in [2.24, 2.45) is 0 Å². The summed E-state index contributed by atoms with van der Waals surface area (Å²) in [7, 11) is -1.09. The van der Waals surface area contributed by atoms with Crippen LogP contribution in [0.4, 0.5) is 5.69 Å². The first kappa shape index (κ1) is 12.1. The molecule has 0 aliphatic rings. The number of anilines is 1. The SMILES string of the molecule is Nc1ccc(S(=O)CCn2cccn2)cc1Cl. The largest absolute Gasteiger partial charge is 0.398 e. The quantitative estimate of drug-likeness (QED) is 0.863. The first-order chi connectivity index (χ1) is 8.16. The van der Waals surface area contributed by atoms with Crippen LogP contribution in [0.5, 0.6) is 0 Å². The molecule has 0 radical (unpaired) electrons. The number of benzene rings is 1. The predicted molar refractivity (Wildman–Crippen MR) is 69.4 cm³/mol. The Bertz CT molecular complexity index is 528. The van der Waals surface area contributed by atoms with Gasteiger partial charge in [0.2, 0.25) is 0 Å². The number of halogens is 1. The number of rotatable bonds is 4. The van der Waals surface area contributed by atoms with Crippen LogP contribution in [-0.4, -0.2) is 19.7 Å². The molecular weight excluding hydrogens is 258 g/mol. The third kappa shape index (κ3) is 3.08. The van der Waals surface area contributed by atoms with Crippen molar-refractivity contribution < 1.29 is 4.21 Å². The maximum absolute atomic E-state index is 12.0. The van der Waals surface area contributed by atoms with E-state index in [2.05, 4.69) is 5.10 Å². The lowest BCUT2D eigenvalue weighted by Crippen LogP contribution is -2.08. The second-order valence-electron chi connectivity index (χ2n) is 3.50. The van der Waals surface area contributed by atoms with Crippen LogP contribution in [0.15, 0.2) is 41.6 Å². The van der Waals surface area contributed by atoms with Gasteiger partial charge in [0.05, 0.1) is 28.1 Å². The molecule has 0 fully saturated rings. The molecule has 0 aliphatic carbocycles. The summed E-state index contributed by atoms with van der Waals surface area (Å²) in [6.07, 6.45) is 3.54. The molecule has 1 atom stereocenters. The summed E-state index contributed by atoms with van der Waals surface area (Å²) in [4.78, 5) is 0.691. The molecular formula is C11H12ClN3OS. The number of aromatic nitrogens is 2. The molecule has 4 nitrogen and oxygen atoms in total. The van der Waals surface area contributed by atoms with Crippen molar-refractivity contribution in [2.45, 2.75) is 11.4 Å². The third-order valence-corrected chi connectivity index (χ3v) is 3.96. The van der Waals surface area contributed by atoms with E-state index in [1.165, 1.54) is 0 Å². The highest BCUT2D eigenvalue weighted by atomic mass is 35.5. The van der Waals surface area contributed by atoms with Gasteiger partial charge in [-0.25, -0.2) is 0 Å². The zero-order valence-corrected chi connectivity index (χ0v) is 10.6. The standard InChI is InChI=1S/C11H12ClN3OS/c12-10-8-9(2-3-11(10)13)17(16)7-6-15-5-1-4-14-15/h1-5,8H,6-7,13H2. The van der Waals surface area contributed by atoms with Crippen molar-refractivity contribution >= 4 is 28.1 Å². The van der Waals surface area contributed by atoms with E-state index in [-0.39, 0.29) is 0 Å². The summed E-state index contributed by atoms with van der Waals surface area (Å²) >= 11 is 5.88.